The van der Waals surface area contributed by atoms with Crippen LogP contribution >= 0.6 is 0 Å². The molecule has 5 nitrogen and oxygen atoms in total. The highest BCUT2D eigenvalue weighted by Crippen LogP contribution is 2.19. The Morgan fingerprint density at radius 3 is 2.52 bits per heavy atom. The summed E-state index contributed by atoms with van der Waals surface area (Å²) >= 11 is 0. The van der Waals surface area contributed by atoms with E-state index in [-0.39, 0.29) is 18.4 Å². The maximum absolute atomic E-state index is 12.7. The maximum Gasteiger partial charge on any atom is 0.325 e. The quantitative estimate of drug-likeness (QED) is 0.644. The van der Waals surface area contributed by atoms with Gasteiger partial charge in [0.25, 0.3) is 5.91 Å². The van der Waals surface area contributed by atoms with Crippen LogP contribution in [-0.2, 0) is 9.53 Å². The number of amides is 1. The van der Waals surface area contributed by atoms with Crippen LogP contribution in [-0.4, -0.2) is 36.5 Å². The predicted molar refractivity (Wildman–Crippen MR) is 83.0 cm³/mol. The largest absolute Gasteiger partial charge is 0.465 e. The zero-order valence-electron chi connectivity index (χ0n) is 13.2. The SMILES string of the molecule is CCOC(=O)CN(CC(C)C)C(=O)c1c(C)cccc1N. The molecule has 0 aliphatic heterocycles. The van der Waals surface area contributed by atoms with Crippen LogP contribution in [0, 0.1) is 12.8 Å². The van der Waals surface area contributed by atoms with E-state index >= 15 is 0 Å². The highest BCUT2D eigenvalue weighted by atomic mass is 16.5. The van der Waals surface area contributed by atoms with E-state index in [0.717, 1.165) is 5.56 Å². The van der Waals surface area contributed by atoms with Crippen LogP contribution in [0.2, 0.25) is 0 Å². The summed E-state index contributed by atoms with van der Waals surface area (Å²) in [6.45, 7) is 8.28. The first-order chi connectivity index (χ1) is 9.86. The number of benzene rings is 1. The molecule has 21 heavy (non-hydrogen) atoms. The molecule has 0 fully saturated rings. The van der Waals surface area contributed by atoms with Gasteiger partial charge in [0.15, 0.2) is 0 Å². The lowest BCUT2D eigenvalue weighted by Crippen LogP contribution is -2.39. The Labute approximate surface area is 126 Å². The predicted octanol–water partition coefficient (Wildman–Crippen LogP) is 2.24. The van der Waals surface area contributed by atoms with Crippen molar-refractivity contribution in [1.82, 2.24) is 4.90 Å². The van der Waals surface area contributed by atoms with Gasteiger partial charge in [-0.25, -0.2) is 0 Å². The van der Waals surface area contributed by atoms with Crippen molar-refractivity contribution in [3.8, 4) is 0 Å². The monoisotopic (exact) mass is 292 g/mol. The molecular formula is C16H24N2O3. The minimum Gasteiger partial charge on any atom is -0.465 e. The van der Waals surface area contributed by atoms with Crippen molar-refractivity contribution < 1.29 is 14.3 Å². The van der Waals surface area contributed by atoms with E-state index < -0.39 is 5.97 Å². The van der Waals surface area contributed by atoms with E-state index in [0.29, 0.717) is 24.4 Å². The van der Waals surface area contributed by atoms with E-state index in [1.165, 1.54) is 4.90 Å². The normalized spacial score (nSPS) is 10.5. The molecule has 0 saturated carbocycles. The number of anilines is 1. The minimum absolute atomic E-state index is 0.0569. The molecule has 1 aromatic rings. The molecule has 5 heteroatoms. The number of nitrogens with two attached hydrogens (primary N) is 1. The van der Waals surface area contributed by atoms with E-state index in [1.807, 2.05) is 26.8 Å². The van der Waals surface area contributed by atoms with Crippen LogP contribution in [0.15, 0.2) is 18.2 Å². The number of carbonyl (C=O) groups is 2. The summed E-state index contributed by atoms with van der Waals surface area (Å²) in [6, 6.07) is 5.33. The Balaban J connectivity index is 3.02. The van der Waals surface area contributed by atoms with Crippen molar-refractivity contribution in [3.05, 3.63) is 29.3 Å². The number of carbonyl (C=O) groups excluding carboxylic acids is 2. The summed E-state index contributed by atoms with van der Waals surface area (Å²) in [5.41, 5.74) is 7.61. The summed E-state index contributed by atoms with van der Waals surface area (Å²) in [7, 11) is 0. The standard InChI is InChI=1S/C16H24N2O3/c1-5-21-14(19)10-18(9-11(2)3)16(20)15-12(4)7-6-8-13(15)17/h6-8,11H,5,9-10,17H2,1-4H3. The third-order valence-corrected chi connectivity index (χ3v) is 3.02. The molecule has 0 saturated heterocycles. The zero-order valence-corrected chi connectivity index (χ0v) is 13.2. The second kappa shape index (κ2) is 7.67. The van der Waals surface area contributed by atoms with Gasteiger partial charge in [0, 0.05) is 12.2 Å². The second-order valence-electron chi connectivity index (χ2n) is 5.42. The number of aryl methyl sites for hydroxylation is 1. The molecule has 0 spiro atoms. The van der Waals surface area contributed by atoms with Gasteiger partial charge in [-0.1, -0.05) is 26.0 Å². The van der Waals surface area contributed by atoms with Gasteiger partial charge in [-0.05, 0) is 31.4 Å². The third kappa shape index (κ3) is 4.77. The average Bonchev–Trinajstić information content (AvgIpc) is 2.37. The molecule has 0 aliphatic rings. The molecule has 0 bridgehead atoms. The van der Waals surface area contributed by atoms with Crippen molar-refractivity contribution >= 4 is 17.6 Å². The topological polar surface area (TPSA) is 72.6 Å². The Bertz CT molecular complexity index is 492. The first-order valence-electron chi connectivity index (χ1n) is 7.16. The lowest BCUT2D eigenvalue weighted by atomic mass is 10.0. The molecule has 0 unspecified atom stereocenters. The lowest BCUT2D eigenvalue weighted by Gasteiger charge is -2.25. The van der Waals surface area contributed by atoms with Crippen molar-refractivity contribution in [2.75, 3.05) is 25.4 Å². The highest BCUT2D eigenvalue weighted by Gasteiger charge is 2.23. The van der Waals surface area contributed by atoms with Crippen LogP contribution in [0.4, 0.5) is 5.69 Å². The van der Waals surface area contributed by atoms with Crippen LogP contribution in [0.1, 0.15) is 36.7 Å². The van der Waals surface area contributed by atoms with Gasteiger partial charge in [0.2, 0.25) is 0 Å². The second-order valence-corrected chi connectivity index (χ2v) is 5.42. The maximum atomic E-state index is 12.7. The van der Waals surface area contributed by atoms with Crippen LogP contribution < -0.4 is 5.73 Å². The molecule has 0 atom stereocenters. The number of hydrogen-bond acceptors (Lipinski definition) is 4. The molecule has 0 heterocycles. The number of ether oxygens (including phenoxy) is 1. The summed E-state index contributed by atoms with van der Waals surface area (Å²) in [5.74, 6) is -0.389. The average molecular weight is 292 g/mol. The summed E-state index contributed by atoms with van der Waals surface area (Å²) in [6.07, 6.45) is 0. The van der Waals surface area contributed by atoms with E-state index in [9.17, 15) is 9.59 Å². The van der Waals surface area contributed by atoms with E-state index in [1.54, 1.807) is 19.1 Å². The van der Waals surface area contributed by atoms with Gasteiger partial charge in [-0.15, -0.1) is 0 Å². The van der Waals surface area contributed by atoms with Crippen molar-refractivity contribution in [3.63, 3.8) is 0 Å². The fourth-order valence-corrected chi connectivity index (χ4v) is 2.16. The van der Waals surface area contributed by atoms with Crippen molar-refractivity contribution in [1.29, 1.82) is 0 Å². The molecule has 1 amide bonds. The summed E-state index contributed by atoms with van der Waals surface area (Å²) in [4.78, 5) is 25.9. The van der Waals surface area contributed by atoms with Gasteiger partial charge in [-0.3, -0.25) is 9.59 Å². The molecule has 2 N–H and O–H groups in total. The molecule has 1 rings (SSSR count). The van der Waals surface area contributed by atoms with Gasteiger partial charge in [0.05, 0.1) is 12.2 Å². The van der Waals surface area contributed by atoms with Crippen LogP contribution in [0.25, 0.3) is 0 Å². The zero-order chi connectivity index (χ0) is 16.0. The number of rotatable bonds is 6. The van der Waals surface area contributed by atoms with Gasteiger partial charge >= 0.3 is 5.97 Å². The Kier molecular flexibility index (Phi) is 6.21. The minimum atomic E-state index is -0.404. The lowest BCUT2D eigenvalue weighted by molar-refractivity contribution is -0.143. The number of hydrogen-bond donors (Lipinski definition) is 1. The molecule has 1 aromatic carbocycles. The smallest absolute Gasteiger partial charge is 0.325 e. The third-order valence-electron chi connectivity index (χ3n) is 3.02. The highest BCUT2D eigenvalue weighted by molar-refractivity contribution is 6.01. The fraction of sp³-hybridized carbons (Fsp3) is 0.500. The van der Waals surface area contributed by atoms with Crippen LogP contribution in [0.3, 0.4) is 0 Å². The summed E-state index contributed by atoms with van der Waals surface area (Å²) < 4.78 is 4.94. The molecule has 116 valence electrons. The first kappa shape index (κ1) is 17.0. The van der Waals surface area contributed by atoms with Crippen LogP contribution in [0.5, 0.6) is 0 Å². The number of nitrogen functional groups attached to an aromatic ring is 1. The van der Waals surface area contributed by atoms with E-state index in [4.69, 9.17) is 10.5 Å². The molecule has 0 radical (unpaired) electrons. The Morgan fingerprint density at radius 1 is 1.33 bits per heavy atom. The Morgan fingerprint density at radius 2 is 2.00 bits per heavy atom. The molecule has 0 aliphatic carbocycles. The number of nitrogens with zero attached hydrogens (tertiary/aromatic N) is 1. The van der Waals surface area contributed by atoms with Crippen molar-refractivity contribution in [2.24, 2.45) is 5.92 Å². The molecule has 0 aromatic heterocycles. The fourth-order valence-electron chi connectivity index (χ4n) is 2.16. The van der Waals surface area contributed by atoms with Gasteiger partial charge < -0.3 is 15.4 Å². The number of esters is 1. The molecular weight excluding hydrogens is 268 g/mol. The summed E-state index contributed by atoms with van der Waals surface area (Å²) in [5, 5.41) is 0. The Hall–Kier alpha value is -2.04. The van der Waals surface area contributed by atoms with Crippen molar-refractivity contribution in [2.45, 2.75) is 27.7 Å². The van der Waals surface area contributed by atoms with Gasteiger partial charge in [0.1, 0.15) is 6.54 Å². The first-order valence-corrected chi connectivity index (χ1v) is 7.16. The van der Waals surface area contributed by atoms with Gasteiger partial charge in [-0.2, -0.15) is 0 Å². The van der Waals surface area contributed by atoms with E-state index in [2.05, 4.69) is 0 Å².